The van der Waals surface area contributed by atoms with E-state index in [9.17, 15) is 9.59 Å². The van der Waals surface area contributed by atoms with Crippen LogP contribution in [0.15, 0.2) is 42.0 Å². The highest BCUT2D eigenvalue weighted by Crippen LogP contribution is 2.29. The van der Waals surface area contributed by atoms with Crippen molar-refractivity contribution in [2.75, 3.05) is 26.6 Å². The van der Waals surface area contributed by atoms with Gasteiger partial charge in [-0.05, 0) is 60.9 Å². The number of unbranched alkanes of at least 4 members (excludes halogenated alkanes) is 1. The van der Waals surface area contributed by atoms with Crippen LogP contribution in [0.2, 0.25) is 0 Å². The number of hydrogen-bond donors (Lipinski definition) is 2. The first-order valence-corrected chi connectivity index (χ1v) is 10.5. The molecular weight excluding hydrogens is 408 g/mol. The fraction of sp³-hybridized carbons (Fsp3) is 0.360. The molecule has 32 heavy (non-hydrogen) atoms. The number of rotatable bonds is 11. The van der Waals surface area contributed by atoms with Gasteiger partial charge < -0.3 is 25.3 Å². The minimum atomic E-state index is -0.595. The molecule has 0 aliphatic rings. The molecule has 2 aromatic carbocycles. The average Bonchev–Trinajstić information content (AvgIpc) is 2.81. The van der Waals surface area contributed by atoms with E-state index in [-0.39, 0.29) is 11.7 Å². The second-order valence-corrected chi connectivity index (χ2v) is 7.42. The lowest BCUT2D eigenvalue weighted by Crippen LogP contribution is -2.35. The summed E-state index contributed by atoms with van der Waals surface area (Å²) in [7, 11) is 4.59. The van der Waals surface area contributed by atoms with Crippen molar-refractivity contribution in [1.29, 1.82) is 0 Å². The molecule has 0 aliphatic carbocycles. The number of methoxy groups -OCH3 is 3. The molecule has 0 saturated heterocycles. The van der Waals surface area contributed by atoms with Gasteiger partial charge in [-0.25, -0.2) is 0 Å². The maximum absolute atomic E-state index is 13.1. The van der Waals surface area contributed by atoms with Crippen LogP contribution in [0, 0.1) is 0 Å². The molecule has 1 unspecified atom stereocenters. The van der Waals surface area contributed by atoms with Crippen LogP contribution in [-0.4, -0.2) is 39.1 Å². The average molecular weight is 441 g/mol. The van der Waals surface area contributed by atoms with E-state index < -0.39 is 6.04 Å². The maximum atomic E-state index is 13.1. The van der Waals surface area contributed by atoms with Crippen LogP contribution in [-0.2, 0) is 4.79 Å². The first kappa shape index (κ1) is 24.9. The molecule has 7 nitrogen and oxygen atoms in total. The van der Waals surface area contributed by atoms with Gasteiger partial charge in [-0.2, -0.15) is 0 Å². The van der Waals surface area contributed by atoms with E-state index in [1.807, 2.05) is 13.0 Å². The van der Waals surface area contributed by atoms with Crippen LogP contribution in [0.1, 0.15) is 49.0 Å². The lowest BCUT2D eigenvalue weighted by Gasteiger charge is -2.15. The third-order valence-electron chi connectivity index (χ3n) is 5.08. The van der Waals surface area contributed by atoms with Crippen LogP contribution in [0.25, 0.3) is 6.08 Å². The summed E-state index contributed by atoms with van der Waals surface area (Å²) in [5, 5.41) is 2.84. The highest BCUT2D eigenvalue weighted by atomic mass is 16.5. The van der Waals surface area contributed by atoms with Crippen molar-refractivity contribution in [3.05, 3.63) is 53.1 Å². The van der Waals surface area contributed by atoms with Crippen molar-refractivity contribution >= 4 is 23.5 Å². The SMILES string of the molecule is CCCCC(N)C(=O)Nc1cc(C=C(C)C(=O)c2cc(OC)ccc2OC)ccc1OC. The van der Waals surface area contributed by atoms with Crippen molar-refractivity contribution in [2.24, 2.45) is 5.73 Å². The van der Waals surface area contributed by atoms with Crippen molar-refractivity contribution in [1.82, 2.24) is 0 Å². The van der Waals surface area contributed by atoms with Gasteiger partial charge in [-0.15, -0.1) is 0 Å². The molecule has 1 atom stereocenters. The molecule has 0 saturated carbocycles. The minimum absolute atomic E-state index is 0.191. The summed E-state index contributed by atoms with van der Waals surface area (Å²) in [6.07, 6.45) is 4.20. The van der Waals surface area contributed by atoms with E-state index in [1.165, 1.54) is 14.2 Å². The van der Waals surface area contributed by atoms with Crippen LogP contribution >= 0.6 is 0 Å². The summed E-state index contributed by atoms with van der Waals surface area (Å²) in [4.78, 5) is 25.5. The Morgan fingerprint density at radius 2 is 1.72 bits per heavy atom. The van der Waals surface area contributed by atoms with Gasteiger partial charge >= 0.3 is 0 Å². The van der Waals surface area contributed by atoms with Gasteiger partial charge in [0.2, 0.25) is 5.91 Å². The number of benzene rings is 2. The Morgan fingerprint density at radius 1 is 1.03 bits per heavy atom. The highest BCUT2D eigenvalue weighted by Gasteiger charge is 2.17. The lowest BCUT2D eigenvalue weighted by molar-refractivity contribution is -0.117. The predicted molar refractivity (Wildman–Crippen MR) is 127 cm³/mol. The Labute approximate surface area is 189 Å². The summed E-state index contributed by atoms with van der Waals surface area (Å²) in [5.41, 5.74) is 8.12. The largest absolute Gasteiger partial charge is 0.497 e. The maximum Gasteiger partial charge on any atom is 0.241 e. The summed E-state index contributed by atoms with van der Waals surface area (Å²) >= 11 is 0. The number of carbonyl (C=O) groups is 2. The fourth-order valence-electron chi connectivity index (χ4n) is 3.21. The smallest absolute Gasteiger partial charge is 0.241 e. The summed E-state index contributed by atoms with van der Waals surface area (Å²) < 4.78 is 15.9. The van der Waals surface area contributed by atoms with E-state index in [0.29, 0.717) is 40.5 Å². The summed E-state index contributed by atoms with van der Waals surface area (Å²) in [5.74, 6) is 1.08. The summed E-state index contributed by atoms with van der Waals surface area (Å²) in [6, 6.07) is 9.79. The zero-order valence-corrected chi connectivity index (χ0v) is 19.4. The fourth-order valence-corrected chi connectivity index (χ4v) is 3.21. The Balaban J connectivity index is 2.31. The van der Waals surface area contributed by atoms with Crippen molar-refractivity contribution in [3.8, 4) is 17.2 Å². The quantitative estimate of drug-likeness (QED) is 0.395. The molecule has 0 spiro atoms. The number of anilines is 1. The topological polar surface area (TPSA) is 99.9 Å². The second-order valence-electron chi connectivity index (χ2n) is 7.42. The van der Waals surface area contributed by atoms with Gasteiger partial charge in [0.25, 0.3) is 0 Å². The number of carbonyl (C=O) groups excluding carboxylic acids is 2. The number of Topliss-reactive ketones (excluding diaryl/α,β-unsaturated/α-hetero) is 1. The first-order valence-electron chi connectivity index (χ1n) is 10.5. The van der Waals surface area contributed by atoms with Gasteiger partial charge in [0.1, 0.15) is 17.2 Å². The molecule has 2 rings (SSSR count). The molecule has 172 valence electrons. The molecular formula is C25H32N2O5. The number of ether oxygens (including phenoxy) is 3. The second kappa shape index (κ2) is 11.9. The molecule has 3 N–H and O–H groups in total. The number of nitrogens with two attached hydrogens (primary N) is 1. The van der Waals surface area contributed by atoms with Gasteiger partial charge in [-0.1, -0.05) is 25.8 Å². The van der Waals surface area contributed by atoms with E-state index in [2.05, 4.69) is 5.32 Å². The molecule has 1 amide bonds. The zero-order valence-electron chi connectivity index (χ0n) is 19.4. The van der Waals surface area contributed by atoms with Gasteiger partial charge in [0, 0.05) is 0 Å². The van der Waals surface area contributed by atoms with Crippen LogP contribution in [0.5, 0.6) is 17.2 Å². The molecule has 0 radical (unpaired) electrons. The van der Waals surface area contributed by atoms with Gasteiger partial charge in [0.05, 0.1) is 38.6 Å². The Hall–Kier alpha value is -3.32. The van der Waals surface area contributed by atoms with E-state index in [1.54, 1.807) is 50.4 Å². The third kappa shape index (κ3) is 6.34. The molecule has 0 bridgehead atoms. The Morgan fingerprint density at radius 3 is 2.34 bits per heavy atom. The standard InChI is InChI=1S/C25H32N2O5/c1-6-7-8-20(26)25(29)27-21-14-17(9-11-23(21)32-5)13-16(2)24(28)19-15-18(30-3)10-12-22(19)31-4/h9-15,20H,6-8,26H2,1-5H3,(H,27,29). The Kier molecular flexibility index (Phi) is 9.28. The van der Waals surface area contributed by atoms with Crippen LogP contribution in [0.3, 0.4) is 0 Å². The molecule has 0 aliphatic heterocycles. The number of allylic oxidation sites excluding steroid dienone is 1. The minimum Gasteiger partial charge on any atom is -0.497 e. The number of ketones is 1. The number of amides is 1. The van der Waals surface area contributed by atoms with E-state index >= 15 is 0 Å². The van der Waals surface area contributed by atoms with Crippen molar-refractivity contribution < 1.29 is 23.8 Å². The van der Waals surface area contributed by atoms with Crippen molar-refractivity contribution in [2.45, 2.75) is 39.2 Å². The van der Waals surface area contributed by atoms with Crippen molar-refractivity contribution in [3.63, 3.8) is 0 Å². The number of nitrogens with one attached hydrogen (secondary N) is 1. The molecule has 0 fully saturated rings. The Bertz CT molecular complexity index is 984. The highest BCUT2D eigenvalue weighted by molar-refractivity contribution is 6.12. The molecule has 7 heteroatoms. The third-order valence-corrected chi connectivity index (χ3v) is 5.08. The lowest BCUT2D eigenvalue weighted by atomic mass is 10.0. The number of hydrogen-bond acceptors (Lipinski definition) is 6. The molecule has 2 aromatic rings. The predicted octanol–water partition coefficient (Wildman–Crippen LogP) is 4.45. The van der Waals surface area contributed by atoms with Crippen LogP contribution in [0.4, 0.5) is 5.69 Å². The first-order chi connectivity index (χ1) is 15.3. The molecule has 0 aromatic heterocycles. The summed E-state index contributed by atoms with van der Waals surface area (Å²) in [6.45, 7) is 3.78. The van der Waals surface area contributed by atoms with Gasteiger partial charge in [-0.3, -0.25) is 9.59 Å². The van der Waals surface area contributed by atoms with E-state index in [0.717, 1.165) is 18.4 Å². The normalized spacial score (nSPS) is 12.1. The zero-order chi connectivity index (χ0) is 23.7. The monoisotopic (exact) mass is 440 g/mol. The van der Waals surface area contributed by atoms with Crippen LogP contribution < -0.4 is 25.3 Å². The van der Waals surface area contributed by atoms with Gasteiger partial charge in [0.15, 0.2) is 5.78 Å². The molecule has 0 heterocycles. The van der Waals surface area contributed by atoms with E-state index in [4.69, 9.17) is 19.9 Å².